The highest BCUT2D eigenvalue weighted by molar-refractivity contribution is 6.03. The van der Waals surface area contributed by atoms with Gasteiger partial charge in [-0.2, -0.15) is 4.57 Å². The molecule has 3 aromatic carbocycles. The minimum Gasteiger partial charge on any atom is -0.505 e. The molecule has 0 spiro atoms. The number of aromatic hydroxyl groups is 4. The standard InChI is InChI=1S/C44H42N6O16/c1-3-6-26(35(54)22(2)51)39(58)47-28-19-64-43(62)29(48-40(59)27-8-4-9-32(52)36(27)55)20-65-44(63)30(21-66-42(28)61)49-41(60)34-31(14-15-33(53)37(34)56)50-16-5-7-23(18-50)17-46-38(57)24-10-12-25(45)13-11-24/h3-16,18,28-30H,2,17,19-21H2,1H3,(H11-,45,46,47,48,49,51,52,53,54,55,56,57,58,59,60)/p+1/b6-3-. The van der Waals surface area contributed by atoms with Gasteiger partial charge in [0.05, 0.1) is 11.1 Å². The molecular weight excluding hydrogens is 869 g/mol. The number of rotatable bonds is 12. The number of hydrogen-bond donors (Lipinski definition) is 11. The van der Waals surface area contributed by atoms with Gasteiger partial charge in [-0.15, -0.1) is 0 Å². The Kier molecular flexibility index (Phi) is 15.5. The lowest BCUT2D eigenvalue weighted by Gasteiger charge is -2.25. The number of nitrogens with one attached hydrogen (secondary N) is 4. The number of allylic oxidation sites excluding steroid dienone is 1. The van der Waals surface area contributed by atoms with Crippen molar-refractivity contribution in [3.05, 3.63) is 137 Å². The molecule has 22 heteroatoms. The molecule has 12 N–H and O–H groups in total. The molecule has 2 heterocycles. The van der Waals surface area contributed by atoms with Gasteiger partial charge in [-0.25, -0.2) is 14.4 Å². The second-order valence-electron chi connectivity index (χ2n) is 14.1. The summed E-state index contributed by atoms with van der Waals surface area (Å²) in [6.45, 7) is 1.49. The Morgan fingerprint density at radius 3 is 1.91 bits per heavy atom. The van der Waals surface area contributed by atoms with Crippen molar-refractivity contribution in [2.45, 2.75) is 31.6 Å². The van der Waals surface area contributed by atoms with Gasteiger partial charge < -0.3 is 71.9 Å². The van der Waals surface area contributed by atoms with Crippen LogP contribution >= 0.6 is 0 Å². The van der Waals surface area contributed by atoms with E-state index in [1.807, 2.05) is 0 Å². The van der Waals surface area contributed by atoms with Crippen molar-refractivity contribution >= 4 is 47.2 Å². The molecule has 3 unspecified atom stereocenters. The summed E-state index contributed by atoms with van der Waals surface area (Å²) in [5.74, 6) is -13.5. The number of hydrogen-bond acceptors (Lipinski definition) is 17. The predicted molar refractivity (Wildman–Crippen MR) is 227 cm³/mol. The van der Waals surface area contributed by atoms with Gasteiger partial charge in [0.25, 0.3) is 23.6 Å². The van der Waals surface area contributed by atoms with E-state index in [1.54, 1.807) is 24.3 Å². The Labute approximate surface area is 373 Å². The normalized spacial score (nSPS) is 17.0. The highest BCUT2D eigenvalue weighted by atomic mass is 16.6. The third-order valence-corrected chi connectivity index (χ3v) is 9.44. The summed E-state index contributed by atoms with van der Waals surface area (Å²) in [6, 6.07) is 9.19. The number of carbonyl (C=O) groups excluding carboxylic acids is 7. The maximum absolute atomic E-state index is 14.1. The van der Waals surface area contributed by atoms with Gasteiger partial charge in [-0.3, -0.25) is 19.2 Å². The van der Waals surface area contributed by atoms with Crippen molar-refractivity contribution in [2.75, 3.05) is 25.6 Å². The molecule has 0 aliphatic carbocycles. The second-order valence-corrected chi connectivity index (χ2v) is 14.1. The molecule has 344 valence electrons. The fourth-order valence-electron chi connectivity index (χ4n) is 6.01. The minimum atomic E-state index is -1.99. The van der Waals surface area contributed by atoms with E-state index in [0.29, 0.717) is 16.8 Å². The minimum absolute atomic E-state index is 0.00878. The first-order valence-electron chi connectivity index (χ1n) is 19.5. The Morgan fingerprint density at radius 2 is 1.32 bits per heavy atom. The van der Waals surface area contributed by atoms with Gasteiger partial charge in [0.15, 0.2) is 70.6 Å². The van der Waals surface area contributed by atoms with Crippen LogP contribution in [0, 0.1) is 0 Å². The van der Waals surface area contributed by atoms with Crippen LogP contribution in [0.2, 0.25) is 0 Å². The molecule has 0 bridgehead atoms. The van der Waals surface area contributed by atoms with Crippen LogP contribution in [0.25, 0.3) is 5.69 Å². The highest BCUT2D eigenvalue weighted by Gasteiger charge is 2.36. The summed E-state index contributed by atoms with van der Waals surface area (Å²) in [7, 11) is 0. The predicted octanol–water partition coefficient (Wildman–Crippen LogP) is 0.783. The number of nitrogens with zero attached hydrogens (tertiary/aromatic N) is 1. The Bertz CT molecular complexity index is 2650. The Balaban J connectivity index is 1.46. The molecule has 1 saturated heterocycles. The van der Waals surface area contributed by atoms with Crippen LogP contribution < -0.4 is 31.6 Å². The summed E-state index contributed by atoms with van der Waals surface area (Å²) in [6.07, 6.45) is 5.29. The van der Waals surface area contributed by atoms with Crippen molar-refractivity contribution in [1.29, 1.82) is 0 Å². The lowest BCUT2D eigenvalue weighted by molar-refractivity contribution is -0.596. The number of amides is 4. The number of nitrogens with two attached hydrogens (primary N) is 1. The number of aromatic nitrogens is 1. The monoisotopic (exact) mass is 911 g/mol. The molecular formula is C44H43N6O16+. The van der Waals surface area contributed by atoms with Crippen LogP contribution in [0.5, 0.6) is 23.0 Å². The number of cyclic esters (lactones) is 3. The van der Waals surface area contributed by atoms with Crippen molar-refractivity contribution < 1.29 is 83.0 Å². The van der Waals surface area contributed by atoms with Crippen LogP contribution in [0.15, 0.2) is 115 Å². The highest BCUT2D eigenvalue weighted by Crippen LogP contribution is 2.32. The van der Waals surface area contributed by atoms with Crippen LogP contribution in [-0.2, 0) is 39.9 Å². The van der Waals surface area contributed by atoms with E-state index in [4.69, 9.17) is 19.9 Å². The van der Waals surface area contributed by atoms with Crippen LogP contribution in [0.1, 0.15) is 43.6 Å². The van der Waals surface area contributed by atoms with Crippen molar-refractivity contribution in [3.8, 4) is 28.7 Å². The number of esters is 3. The number of ether oxygens (including phenoxy) is 3. The molecule has 1 aliphatic heterocycles. The molecule has 4 amide bonds. The first-order chi connectivity index (χ1) is 31.4. The molecule has 1 aliphatic rings. The number of carbonyl (C=O) groups is 7. The molecule has 4 aromatic rings. The van der Waals surface area contributed by atoms with Crippen molar-refractivity contribution in [1.82, 2.24) is 21.3 Å². The summed E-state index contributed by atoms with van der Waals surface area (Å²) < 4.78 is 17.1. The van der Waals surface area contributed by atoms with Gasteiger partial charge in [0.1, 0.15) is 19.8 Å². The second kappa shape index (κ2) is 21.3. The zero-order valence-electron chi connectivity index (χ0n) is 34.7. The van der Waals surface area contributed by atoms with Gasteiger partial charge in [-0.1, -0.05) is 18.7 Å². The average Bonchev–Trinajstić information content (AvgIpc) is 3.29. The number of aliphatic hydroxyl groups is 2. The fourth-order valence-corrected chi connectivity index (χ4v) is 6.01. The maximum atomic E-state index is 14.1. The van der Waals surface area contributed by atoms with E-state index in [1.165, 1.54) is 54.2 Å². The SMILES string of the molecule is C=C(O)/C(O)=C(\C=C/C)C(=O)NC1COC(=O)C(NC(=O)c2cccc(O)c2O)COC(=O)C(NC(=O)c2c(-[n+]3cccc(CNC(=O)c4ccc(N)cc4)c3)ccc(O)c2O)COC1=O. The van der Waals surface area contributed by atoms with Crippen molar-refractivity contribution in [3.63, 3.8) is 0 Å². The summed E-state index contributed by atoms with van der Waals surface area (Å²) >= 11 is 0. The number of aliphatic hydroxyl groups excluding tert-OH is 2. The first-order valence-corrected chi connectivity index (χ1v) is 19.5. The number of nitrogen functional groups attached to an aromatic ring is 1. The quantitative estimate of drug-likeness (QED) is 0.0137. The van der Waals surface area contributed by atoms with Crippen LogP contribution in [0.4, 0.5) is 5.69 Å². The van der Waals surface area contributed by atoms with Gasteiger partial charge in [-0.05, 0) is 61.5 Å². The smallest absolute Gasteiger partial charge is 0.332 e. The molecule has 0 saturated carbocycles. The largest absolute Gasteiger partial charge is 0.505 e. The van der Waals surface area contributed by atoms with E-state index in [2.05, 4.69) is 27.8 Å². The number of phenols is 4. The Hall–Kier alpha value is -9.08. The van der Waals surface area contributed by atoms with Crippen molar-refractivity contribution in [2.24, 2.45) is 0 Å². The summed E-state index contributed by atoms with van der Waals surface area (Å²) in [5.41, 5.74) is 5.18. The third kappa shape index (κ3) is 11.7. The molecule has 0 radical (unpaired) electrons. The summed E-state index contributed by atoms with van der Waals surface area (Å²) in [5, 5.41) is 71.1. The molecule has 66 heavy (non-hydrogen) atoms. The maximum Gasteiger partial charge on any atom is 0.332 e. The number of phenolic OH excluding ortho intramolecular Hbond substituents is 4. The van der Waals surface area contributed by atoms with Gasteiger partial charge in [0, 0.05) is 35.5 Å². The molecule has 5 rings (SSSR count). The Morgan fingerprint density at radius 1 is 0.742 bits per heavy atom. The lowest BCUT2D eigenvalue weighted by atomic mass is 10.1. The van der Waals surface area contributed by atoms with E-state index < -0.39 is 131 Å². The fraction of sp³-hybridized carbons (Fsp3) is 0.182. The zero-order chi connectivity index (χ0) is 48.2. The summed E-state index contributed by atoms with van der Waals surface area (Å²) in [4.78, 5) is 94.0. The third-order valence-electron chi connectivity index (χ3n) is 9.44. The van der Waals surface area contributed by atoms with Crippen LogP contribution in [0.3, 0.4) is 0 Å². The average molecular weight is 912 g/mol. The topological polar surface area (TPSA) is 347 Å². The van der Waals surface area contributed by atoms with E-state index in [9.17, 15) is 64.2 Å². The molecule has 1 aromatic heterocycles. The number of pyridine rings is 1. The van der Waals surface area contributed by atoms with Crippen LogP contribution in [-0.4, -0.2) is 110 Å². The van der Waals surface area contributed by atoms with E-state index >= 15 is 0 Å². The zero-order valence-corrected chi connectivity index (χ0v) is 34.7. The first kappa shape index (κ1) is 48.0. The number of benzene rings is 3. The molecule has 1 fully saturated rings. The van der Waals surface area contributed by atoms with Gasteiger partial charge >= 0.3 is 17.9 Å². The molecule has 22 nitrogen and oxygen atoms in total. The van der Waals surface area contributed by atoms with E-state index in [0.717, 1.165) is 24.3 Å². The lowest BCUT2D eigenvalue weighted by Crippen LogP contribution is -2.53. The van der Waals surface area contributed by atoms with E-state index in [-0.39, 0.29) is 12.2 Å². The van der Waals surface area contributed by atoms with Gasteiger partial charge in [0.2, 0.25) is 5.69 Å². The number of anilines is 1. The molecule has 3 atom stereocenters. The number of para-hydroxylation sites is 1.